The van der Waals surface area contributed by atoms with Gasteiger partial charge in [-0.15, -0.1) is 0 Å². The molecule has 1 heterocycles. The van der Waals surface area contributed by atoms with Gasteiger partial charge in [-0.2, -0.15) is 5.10 Å². The number of carbonyl (C=O) groups excluding carboxylic acids is 1. The molecule has 0 spiro atoms. The summed E-state index contributed by atoms with van der Waals surface area (Å²) >= 11 is 0. The Morgan fingerprint density at radius 2 is 2.20 bits per heavy atom. The van der Waals surface area contributed by atoms with E-state index in [0.717, 1.165) is 11.1 Å². The summed E-state index contributed by atoms with van der Waals surface area (Å²) in [7, 11) is 0. The minimum atomic E-state index is -0.611. The number of amides is 1. The molecule has 0 unspecified atom stereocenters. The normalized spacial score (nSPS) is 10.3. The average molecular weight is 274 g/mol. The molecular weight excluding hydrogens is 260 g/mol. The van der Waals surface area contributed by atoms with E-state index in [1.807, 2.05) is 31.2 Å². The monoisotopic (exact) mass is 274 g/mol. The third-order valence-corrected chi connectivity index (χ3v) is 2.85. The van der Waals surface area contributed by atoms with Crippen LogP contribution in [0, 0.1) is 24.0 Å². The molecule has 2 rings (SSSR count). The molecule has 2 aromatic rings. The summed E-state index contributed by atoms with van der Waals surface area (Å²) in [5, 5.41) is 19.7. The van der Waals surface area contributed by atoms with E-state index in [0.29, 0.717) is 6.54 Å². The van der Waals surface area contributed by atoms with Gasteiger partial charge in [0.15, 0.2) is 0 Å². The first-order chi connectivity index (χ1) is 9.49. The molecule has 1 amide bonds. The molecule has 1 aromatic carbocycles. The van der Waals surface area contributed by atoms with Crippen LogP contribution in [0.1, 0.15) is 27.3 Å². The van der Waals surface area contributed by atoms with Crippen LogP contribution in [-0.2, 0) is 6.54 Å². The Morgan fingerprint density at radius 1 is 1.45 bits per heavy atom. The van der Waals surface area contributed by atoms with Crippen LogP contribution in [-0.4, -0.2) is 21.0 Å². The SMILES string of the molecule is Cc1cccc(CNC(=O)c2n[nH]c(C)c2[N+](=O)[O-])c1. The first kappa shape index (κ1) is 13.7. The van der Waals surface area contributed by atoms with Crippen molar-refractivity contribution in [3.63, 3.8) is 0 Å². The minimum absolute atomic E-state index is 0.194. The van der Waals surface area contributed by atoms with Crippen molar-refractivity contribution >= 4 is 11.6 Å². The highest BCUT2D eigenvalue weighted by molar-refractivity contribution is 5.96. The third kappa shape index (κ3) is 2.82. The van der Waals surface area contributed by atoms with Gasteiger partial charge in [-0.25, -0.2) is 0 Å². The van der Waals surface area contributed by atoms with E-state index in [2.05, 4.69) is 15.5 Å². The molecule has 7 heteroatoms. The number of H-pyrrole nitrogens is 1. The highest BCUT2D eigenvalue weighted by Crippen LogP contribution is 2.19. The summed E-state index contributed by atoms with van der Waals surface area (Å²) in [4.78, 5) is 22.2. The molecule has 7 nitrogen and oxygen atoms in total. The zero-order chi connectivity index (χ0) is 14.7. The maximum absolute atomic E-state index is 11.9. The summed E-state index contributed by atoms with van der Waals surface area (Å²) in [6.45, 7) is 3.75. The molecule has 0 radical (unpaired) electrons. The topological polar surface area (TPSA) is 101 Å². The van der Waals surface area contributed by atoms with Gasteiger partial charge >= 0.3 is 5.69 Å². The van der Waals surface area contributed by atoms with E-state index in [4.69, 9.17) is 0 Å². The first-order valence-corrected chi connectivity index (χ1v) is 6.02. The molecule has 0 aliphatic heterocycles. The second kappa shape index (κ2) is 5.52. The lowest BCUT2D eigenvalue weighted by molar-refractivity contribution is -0.385. The van der Waals surface area contributed by atoms with Crippen LogP contribution in [0.2, 0.25) is 0 Å². The zero-order valence-electron chi connectivity index (χ0n) is 11.1. The smallest absolute Gasteiger partial charge is 0.322 e. The van der Waals surface area contributed by atoms with Crippen molar-refractivity contribution in [3.05, 3.63) is 56.9 Å². The number of aryl methyl sites for hydroxylation is 2. The molecule has 0 fully saturated rings. The predicted octanol–water partition coefficient (Wildman–Crippen LogP) is 1.86. The van der Waals surface area contributed by atoms with Crippen LogP contribution >= 0.6 is 0 Å². The number of rotatable bonds is 4. The first-order valence-electron chi connectivity index (χ1n) is 6.02. The highest BCUT2D eigenvalue weighted by Gasteiger charge is 2.26. The summed E-state index contributed by atoms with van der Waals surface area (Å²) in [6.07, 6.45) is 0. The number of benzene rings is 1. The van der Waals surface area contributed by atoms with Gasteiger partial charge in [0.25, 0.3) is 5.91 Å². The summed E-state index contributed by atoms with van der Waals surface area (Å²) in [5.74, 6) is -0.567. The molecule has 1 aromatic heterocycles. The fourth-order valence-electron chi connectivity index (χ4n) is 1.89. The minimum Gasteiger partial charge on any atom is -0.346 e. The Bertz CT molecular complexity index is 663. The van der Waals surface area contributed by atoms with Gasteiger partial charge < -0.3 is 5.32 Å². The van der Waals surface area contributed by atoms with Crippen LogP contribution in [0.4, 0.5) is 5.69 Å². The molecule has 0 aliphatic rings. The summed E-state index contributed by atoms with van der Waals surface area (Å²) < 4.78 is 0. The fourth-order valence-corrected chi connectivity index (χ4v) is 1.89. The van der Waals surface area contributed by atoms with Gasteiger partial charge in [0, 0.05) is 6.54 Å². The molecule has 2 N–H and O–H groups in total. The zero-order valence-corrected chi connectivity index (χ0v) is 11.1. The van der Waals surface area contributed by atoms with Crippen LogP contribution in [0.25, 0.3) is 0 Å². The van der Waals surface area contributed by atoms with Crippen molar-refractivity contribution in [2.45, 2.75) is 20.4 Å². The largest absolute Gasteiger partial charge is 0.346 e. The molecular formula is C13H14N4O3. The number of nitro groups is 1. The van der Waals surface area contributed by atoms with Crippen molar-refractivity contribution in [2.75, 3.05) is 0 Å². The molecule has 20 heavy (non-hydrogen) atoms. The molecule has 104 valence electrons. The standard InChI is InChI=1S/C13H14N4O3/c1-8-4-3-5-10(6-8)7-14-13(18)11-12(17(19)20)9(2)15-16-11/h3-6H,7H2,1-2H3,(H,14,18)(H,15,16). The van der Waals surface area contributed by atoms with Crippen LogP contribution in [0.15, 0.2) is 24.3 Å². The summed E-state index contributed by atoms with van der Waals surface area (Å²) in [5.41, 5.74) is 1.79. The molecule has 0 aliphatic carbocycles. The molecule has 0 saturated carbocycles. The number of carbonyl (C=O) groups is 1. The van der Waals surface area contributed by atoms with Crippen LogP contribution < -0.4 is 5.32 Å². The summed E-state index contributed by atoms with van der Waals surface area (Å²) in [6, 6.07) is 7.65. The van der Waals surface area contributed by atoms with E-state index >= 15 is 0 Å². The maximum Gasteiger partial charge on any atom is 0.322 e. The Kier molecular flexibility index (Phi) is 3.79. The quantitative estimate of drug-likeness (QED) is 0.656. The molecule has 0 saturated heterocycles. The Balaban J connectivity index is 2.11. The van der Waals surface area contributed by atoms with Crippen LogP contribution in [0.5, 0.6) is 0 Å². The number of hydrogen-bond donors (Lipinski definition) is 2. The third-order valence-electron chi connectivity index (χ3n) is 2.85. The van der Waals surface area contributed by atoms with Gasteiger partial charge in [-0.1, -0.05) is 29.8 Å². The van der Waals surface area contributed by atoms with Gasteiger partial charge in [0.1, 0.15) is 5.69 Å². The number of nitrogens with one attached hydrogen (secondary N) is 2. The van der Waals surface area contributed by atoms with Crippen LogP contribution in [0.3, 0.4) is 0 Å². The number of hydrogen-bond acceptors (Lipinski definition) is 4. The number of nitrogens with zero attached hydrogens (tertiary/aromatic N) is 2. The lowest BCUT2D eigenvalue weighted by atomic mass is 10.1. The van der Waals surface area contributed by atoms with Crippen molar-refractivity contribution in [1.82, 2.24) is 15.5 Å². The predicted molar refractivity (Wildman–Crippen MR) is 72.3 cm³/mol. The second-order valence-electron chi connectivity index (χ2n) is 4.47. The Morgan fingerprint density at radius 3 is 2.85 bits per heavy atom. The van der Waals surface area contributed by atoms with Gasteiger partial charge in [0.2, 0.25) is 5.69 Å². The van der Waals surface area contributed by atoms with E-state index in [1.54, 1.807) is 0 Å². The average Bonchev–Trinajstić information content (AvgIpc) is 2.78. The molecule has 0 atom stereocenters. The molecule has 0 bridgehead atoms. The Labute approximate surface area is 115 Å². The highest BCUT2D eigenvalue weighted by atomic mass is 16.6. The maximum atomic E-state index is 11.9. The fraction of sp³-hybridized carbons (Fsp3) is 0.231. The lowest BCUT2D eigenvalue weighted by Crippen LogP contribution is -2.24. The van der Waals surface area contributed by atoms with Gasteiger partial charge in [0.05, 0.1) is 4.92 Å². The van der Waals surface area contributed by atoms with E-state index in [1.165, 1.54) is 6.92 Å². The van der Waals surface area contributed by atoms with E-state index in [-0.39, 0.29) is 17.1 Å². The van der Waals surface area contributed by atoms with Crippen molar-refractivity contribution in [2.24, 2.45) is 0 Å². The van der Waals surface area contributed by atoms with Crippen molar-refractivity contribution in [1.29, 1.82) is 0 Å². The van der Waals surface area contributed by atoms with Gasteiger partial charge in [-0.05, 0) is 19.4 Å². The van der Waals surface area contributed by atoms with E-state index in [9.17, 15) is 14.9 Å². The number of aromatic nitrogens is 2. The van der Waals surface area contributed by atoms with Crippen molar-refractivity contribution < 1.29 is 9.72 Å². The van der Waals surface area contributed by atoms with E-state index < -0.39 is 10.8 Å². The van der Waals surface area contributed by atoms with Gasteiger partial charge in [-0.3, -0.25) is 20.0 Å². The van der Waals surface area contributed by atoms with Crippen molar-refractivity contribution in [3.8, 4) is 0 Å². The lowest BCUT2D eigenvalue weighted by Gasteiger charge is -2.04. The Hall–Kier alpha value is -2.70. The second-order valence-corrected chi connectivity index (χ2v) is 4.47. The number of aromatic amines is 1.